The van der Waals surface area contributed by atoms with Crippen LogP contribution in [-0.4, -0.2) is 27.7 Å². The number of rotatable bonds is 11. The summed E-state index contributed by atoms with van der Waals surface area (Å²) in [6.07, 6.45) is 5.31. The van der Waals surface area contributed by atoms with Crippen LogP contribution < -0.4 is 10.9 Å². The second-order valence-corrected chi connectivity index (χ2v) is 7.18. The Balaban J connectivity index is 2.34. The van der Waals surface area contributed by atoms with Gasteiger partial charge in [0, 0.05) is 36.5 Å². The first-order valence-electron chi connectivity index (χ1n) is 10.1. The summed E-state index contributed by atoms with van der Waals surface area (Å²) in [5.41, 5.74) is -0.765. The maximum Gasteiger partial charge on any atom is 0.270 e. The van der Waals surface area contributed by atoms with Crippen LogP contribution in [0.5, 0.6) is 0 Å². The molecule has 1 aromatic heterocycles. The van der Waals surface area contributed by atoms with Crippen LogP contribution >= 0.6 is 0 Å². The van der Waals surface area contributed by atoms with E-state index in [1.54, 1.807) is 6.07 Å². The fourth-order valence-electron chi connectivity index (χ4n) is 3.24. The average molecular weight is 413 g/mol. The highest BCUT2D eigenvalue weighted by atomic mass is 16.6. The minimum Gasteiger partial charge on any atom is -0.354 e. The lowest BCUT2D eigenvalue weighted by Gasteiger charge is -2.21. The molecule has 0 spiro atoms. The van der Waals surface area contributed by atoms with Gasteiger partial charge in [0.15, 0.2) is 11.8 Å². The van der Waals surface area contributed by atoms with Crippen molar-refractivity contribution >= 4 is 17.4 Å². The number of nitro groups is 1. The Hall–Kier alpha value is -3.29. The topological polar surface area (TPSA) is 111 Å². The largest absolute Gasteiger partial charge is 0.354 e. The zero-order chi connectivity index (χ0) is 22.1. The molecule has 1 aromatic carbocycles. The SMILES string of the molecule is CCCC[C@H](CC)CNC(=O)[C@@H](C(=O)c1cccc([N+](=O)[O-])c1)n1ccccc1=O. The molecule has 1 amide bonds. The number of benzene rings is 1. The van der Waals surface area contributed by atoms with Crippen molar-refractivity contribution in [2.24, 2.45) is 5.92 Å². The number of non-ortho nitro benzene ring substituents is 1. The van der Waals surface area contributed by atoms with Gasteiger partial charge in [-0.1, -0.05) is 51.3 Å². The van der Waals surface area contributed by atoms with Crippen LogP contribution in [0.2, 0.25) is 0 Å². The van der Waals surface area contributed by atoms with Gasteiger partial charge in [-0.25, -0.2) is 0 Å². The molecule has 0 aliphatic heterocycles. The number of nitrogens with zero attached hydrogens (tertiary/aromatic N) is 2. The summed E-state index contributed by atoms with van der Waals surface area (Å²) in [6, 6.07) is 8.06. The van der Waals surface area contributed by atoms with Crippen molar-refractivity contribution in [1.29, 1.82) is 0 Å². The van der Waals surface area contributed by atoms with Crippen LogP contribution in [0.15, 0.2) is 53.5 Å². The number of unbranched alkanes of at least 4 members (excludes halogenated alkanes) is 1. The van der Waals surface area contributed by atoms with Gasteiger partial charge in [-0.2, -0.15) is 0 Å². The first kappa shape index (κ1) is 23.0. The van der Waals surface area contributed by atoms with Crippen LogP contribution in [-0.2, 0) is 4.79 Å². The van der Waals surface area contributed by atoms with E-state index in [9.17, 15) is 24.5 Å². The van der Waals surface area contributed by atoms with Gasteiger partial charge in [0.2, 0.25) is 0 Å². The van der Waals surface area contributed by atoms with Crippen molar-refractivity contribution in [2.45, 2.75) is 45.6 Å². The molecule has 8 nitrogen and oxygen atoms in total. The van der Waals surface area contributed by atoms with E-state index in [-0.39, 0.29) is 17.2 Å². The Morgan fingerprint density at radius 3 is 2.57 bits per heavy atom. The number of aromatic nitrogens is 1. The summed E-state index contributed by atoms with van der Waals surface area (Å²) in [5.74, 6) is -1.00. The summed E-state index contributed by atoms with van der Waals surface area (Å²) in [7, 11) is 0. The molecule has 0 saturated carbocycles. The van der Waals surface area contributed by atoms with Gasteiger partial charge in [-0.05, 0) is 18.4 Å². The van der Waals surface area contributed by atoms with Crippen LogP contribution in [0, 0.1) is 16.0 Å². The summed E-state index contributed by atoms with van der Waals surface area (Å²) < 4.78 is 1.06. The zero-order valence-electron chi connectivity index (χ0n) is 17.2. The highest BCUT2D eigenvalue weighted by molar-refractivity contribution is 6.12. The summed E-state index contributed by atoms with van der Waals surface area (Å²) in [6.45, 7) is 4.54. The van der Waals surface area contributed by atoms with Gasteiger partial charge in [0.05, 0.1) is 4.92 Å². The minimum atomic E-state index is -1.44. The molecular formula is C22H27N3O5. The maximum atomic E-state index is 13.2. The second kappa shape index (κ2) is 11.0. The van der Waals surface area contributed by atoms with Gasteiger partial charge in [-0.15, -0.1) is 0 Å². The first-order chi connectivity index (χ1) is 14.4. The van der Waals surface area contributed by atoms with Crippen molar-refractivity contribution < 1.29 is 14.5 Å². The van der Waals surface area contributed by atoms with E-state index >= 15 is 0 Å². The molecule has 30 heavy (non-hydrogen) atoms. The van der Waals surface area contributed by atoms with Crippen molar-refractivity contribution in [3.63, 3.8) is 0 Å². The van der Waals surface area contributed by atoms with Crippen molar-refractivity contribution in [3.05, 3.63) is 74.7 Å². The van der Waals surface area contributed by atoms with Crippen LogP contribution in [0.4, 0.5) is 5.69 Å². The lowest BCUT2D eigenvalue weighted by atomic mass is 9.98. The number of ketones is 1. The number of pyridine rings is 1. The van der Waals surface area contributed by atoms with Crippen molar-refractivity contribution in [2.75, 3.05) is 6.54 Å². The summed E-state index contributed by atoms with van der Waals surface area (Å²) in [4.78, 5) is 48.9. The van der Waals surface area contributed by atoms with E-state index in [0.29, 0.717) is 6.54 Å². The predicted molar refractivity (Wildman–Crippen MR) is 113 cm³/mol. The Kier molecular flexibility index (Phi) is 8.46. The summed E-state index contributed by atoms with van der Waals surface area (Å²) >= 11 is 0. The maximum absolute atomic E-state index is 13.2. The first-order valence-corrected chi connectivity index (χ1v) is 10.1. The molecule has 0 aliphatic rings. The van der Waals surface area contributed by atoms with Gasteiger partial charge in [-0.3, -0.25) is 29.1 Å². The molecule has 2 rings (SSSR count). The lowest BCUT2D eigenvalue weighted by molar-refractivity contribution is -0.384. The molecule has 0 saturated heterocycles. The number of amides is 1. The van der Waals surface area contributed by atoms with E-state index in [4.69, 9.17) is 0 Å². The zero-order valence-corrected chi connectivity index (χ0v) is 17.2. The van der Waals surface area contributed by atoms with Crippen molar-refractivity contribution in [1.82, 2.24) is 9.88 Å². The van der Waals surface area contributed by atoms with Crippen LogP contribution in [0.3, 0.4) is 0 Å². The van der Waals surface area contributed by atoms with Crippen molar-refractivity contribution in [3.8, 4) is 0 Å². The molecule has 0 unspecified atom stereocenters. The Morgan fingerprint density at radius 2 is 1.93 bits per heavy atom. The van der Waals surface area contributed by atoms with Crippen LogP contribution in [0.25, 0.3) is 0 Å². The number of hydrogen-bond acceptors (Lipinski definition) is 5. The Morgan fingerprint density at radius 1 is 1.17 bits per heavy atom. The molecule has 0 fully saturated rings. The van der Waals surface area contributed by atoms with Gasteiger partial charge >= 0.3 is 0 Å². The molecule has 2 atom stereocenters. The van der Waals surface area contributed by atoms with Crippen LogP contribution in [0.1, 0.15) is 55.9 Å². The molecular weight excluding hydrogens is 386 g/mol. The highest BCUT2D eigenvalue weighted by Gasteiger charge is 2.31. The van der Waals surface area contributed by atoms with Gasteiger partial charge in [0.25, 0.3) is 17.2 Å². The predicted octanol–water partition coefficient (Wildman–Crippen LogP) is 3.51. The number of nitro benzene ring substituents is 1. The van der Waals surface area contributed by atoms with Gasteiger partial charge in [0.1, 0.15) is 0 Å². The highest BCUT2D eigenvalue weighted by Crippen LogP contribution is 2.19. The third-order valence-corrected chi connectivity index (χ3v) is 5.08. The molecule has 8 heteroatoms. The third-order valence-electron chi connectivity index (χ3n) is 5.08. The third kappa shape index (κ3) is 5.85. The normalized spacial score (nSPS) is 12.7. The molecule has 1 heterocycles. The molecule has 2 aromatic rings. The average Bonchev–Trinajstić information content (AvgIpc) is 2.75. The Labute approximate surface area is 175 Å². The molecule has 0 aliphatic carbocycles. The standard InChI is InChI=1S/C22H27N3O5/c1-3-5-9-16(4-2)15-23-22(28)20(24-13-7-6-12-19(24)26)21(27)17-10-8-11-18(14-17)25(29)30/h6-8,10-14,16,20H,3-5,9,15H2,1-2H3,(H,23,28)/t16-,20+/m0/s1. The monoisotopic (exact) mass is 413 g/mol. The second-order valence-electron chi connectivity index (χ2n) is 7.18. The molecule has 1 N–H and O–H groups in total. The number of nitrogens with one attached hydrogen (secondary N) is 1. The molecule has 0 radical (unpaired) electrons. The van der Waals surface area contributed by atoms with E-state index in [1.807, 2.05) is 6.92 Å². The number of hydrogen-bond donors (Lipinski definition) is 1. The van der Waals surface area contributed by atoms with E-state index in [2.05, 4.69) is 12.2 Å². The number of carbonyl (C=O) groups excluding carboxylic acids is 2. The Bertz CT molecular complexity index is 954. The quantitative estimate of drug-likeness (QED) is 0.262. The smallest absolute Gasteiger partial charge is 0.270 e. The fourth-order valence-corrected chi connectivity index (χ4v) is 3.24. The minimum absolute atomic E-state index is 0.00173. The lowest BCUT2D eigenvalue weighted by Crippen LogP contribution is -2.42. The molecule has 0 bridgehead atoms. The van der Waals surface area contributed by atoms with E-state index in [1.165, 1.54) is 36.5 Å². The number of carbonyl (C=O) groups is 2. The van der Waals surface area contributed by atoms with E-state index < -0.39 is 28.2 Å². The number of Topliss-reactive ketones (excluding diaryl/α,β-unsaturated/α-hetero) is 1. The molecule has 160 valence electrons. The fraction of sp³-hybridized carbons (Fsp3) is 0.409. The summed E-state index contributed by atoms with van der Waals surface area (Å²) in [5, 5.41) is 13.9. The van der Waals surface area contributed by atoms with Gasteiger partial charge < -0.3 is 5.32 Å². The van der Waals surface area contributed by atoms with E-state index in [0.717, 1.165) is 36.3 Å².